The molecule has 0 saturated heterocycles. The Balaban J connectivity index is 2.49. The molecule has 3 nitrogen and oxygen atoms in total. The first-order valence-corrected chi connectivity index (χ1v) is 8.90. The molecule has 0 aliphatic carbocycles. The zero-order valence-corrected chi connectivity index (χ0v) is 14.9. The highest BCUT2D eigenvalue weighted by atomic mass is 35.5. The average molecular weight is 416 g/mol. The van der Waals surface area contributed by atoms with Gasteiger partial charge in [0.15, 0.2) is 0 Å². The van der Waals surface area contributed by atoms with Gasteiger partial charge in [0.25, 0.3) is 0 Å². The van der Waals surface area contributed by atoms with E-state index in [1.54, 1.807) is 0 Å². The Hall–Kier alpha value is -1.35. The molecule has 0 aliphatic rings. The van der Waals surface area contributed by atoms with E-state index in [2.05, 4.69) is 0 Å². The van der Waals surface area contributed by atoms with E-state index in [0.717, 1.165) is 25.2 Å². The summed E-state index contributed by atoms with van der Waals surface area (Å²) < 4.78 is 79.0. The maximum atomic E-state index is 13.8. The molecule has 0 heterocycles. The summed E-state index contributed by atoms with van der Waals surface area (Å²) in [6, 6.07) is 6.08. The normalized spacial score (nSPS) is 12.6. The van der Waals surface area contributed by atoms with E-state index in [-0.39, 0.29) is 15.6 Å². The zero-order valence-electron chi connectivity index (χ0n) is 12.6. The summed E-state index contributed by atoms with van der Waals surface area (Å²) in [7, 11) is -3.54. The summed E-state index contributed by atoms with van der Waals surface area (Å²) in [5.41, 5.74) is -1.54. The van der Waals surface area contributed by atoms with Crippen molar-refractivity contribution in [3.05, 3.63) is 63.4 Å². The summed E-state index contributed by atoms with van der Waals surface area (Å²) in [6.07, 6.45) is -4.93. The highest BCUT2D eigenvalue weighted by Gasteiger charge is 2.38. The third-order valence-electron chi connectivity index (χ3n) is 3.38. The molecule has 0 fully saturated rings. The van der Waals surface area contributed by atoms with Gasteiger partial charge in [0.1, 0.15) is 5.82 Å². The molecule has 0 unspecified atom stereocenters. The summed E-state index contributed by atoms with van der Waals surface area (Å²) in [4.78, 5) is -0.973. The minimum atomic E-state index is -4.93. The van der Waals surface area contributed by atoms with Gasteiger partial charge in [-0.15, -0.1) is 0 Å². The van der Waals surface area contributed by atoms with Crippen LogP contribution in [0, 0.1) is 5.82 Å². The van der Waals surface area contributed by atoms with E-state index in [1.807, 2.05) is 0 Å². The minimum absolute atomic E-state index is 0.0331. The van der Waals surface area contributed by atoms with Gasteiger partial charge in [0.2, 0.25) is 10.0 Å². The number of hydrogen-bond donors (Lipinski definition) is 0. The largest absolute Gasteiger partial charge is 0.417 e. The maximum absolute atomic E-state index is 13.8. The molecule has 0 aromatic heterocycles. The summed E-state index contributed by atoms with van der Waals surface area (Å²) >= 11 is 11.4. The number of hydrogen-bond acceptors (Lipinski definition) is 2. The van der Waals surface area contributed by atoms with Crippen molar-refractivity contribution in [3.8, 4) is 0 Å². The van der Waals surface area contributed by atoms with Gasteiger partial charge in [-0.25, -0.2) is 12.8 Å². The molecule has 0 radical (unpaired) electrons. The molecule has 0 amide bonds. The van der Waals surface area contributed by atoms with Crippen LogP contribution in [0.5, 0.6) is 0 Å². The molecule has 2 aromatic rings. The number of rotatable bonds is 4. The lowest BCUT2D eigenvalue weighted by Gasteiger charge is -2.21. The highest BCUT2D eigenvalue weighted by molar-refractivity contribution is 7.89. The molecule has 0 spiro atoms. The predicted octanol–water partition coefficient (Wildman–Crippen LogP) is 4.97. The van der Waals surface area contributed by atoms with Crippen LogP contribution < -0.4 is 0 Å². The van der Waals surface area contributed by atoms with Crippen LogP contribution in [0.1, 0.15) is 11.1 Å². The molecule has 2 rings (SSSR count). The van der Waals surface area contributed by atoms with Crippen molar-refractivity contribution in [1.82, 2.24) is 4.31 Å². The van der Waals surface area contributed by atoms with Crippen molar-refractivity contribution >= 4 is 33.2 Å². The second kappa shape index (κ2) is 7.11. The van der Waals surface area contributed by atoms with Crippen molar-refractivity contribution in [2.24, 2.45) is 0 Å². The van der Waals surface area contributed by atoms with E-state index in [9.17, 15) is 26.0 Å². The van der Waals surface area contributed by atoms with Gasteiger partial charge in [0.05, 0.1) is 10.5 Å². The molecule has 10 heteroatoms. The van der Waals surface area contributed by atoms with Crippen molar-refractivity contribution in [3.63, 3.8) is 0 Å². The molecule has 136 valence electrons. The first-order chi connectivity index (χ1) is 11.4. The first-order valence-electron chi connectivity index (χ1n) is 6.70. The highest BCUT2D eigenvalue weighted by Crippen LogP contribution is 2.37. The van der Waals surface area contributed by atoms with Crippen LogP contribution in [-0.4, -0.2) is 19.8 Å². The predicted molar refractivity (Wildman–Crippen MR) is 86.5 cm³/mol. The maximum Gasteiger partial charge on any atom is 0.417 e. The van der Waals surface area contributed by atoms with Gasteiger partial charge < -0.3 is 0 Å². The van der Waals surface area contributed by atoms with Crippen LogP contribution in [-0.2, 0) is 22.7 Å². The van der Waals surface area contributed by atoms with Gasteiger partial charge in [-0.1, -0.05) is 29.3 Å². The third-order valence-corrected chi connectivity index (χ3v) is 5.83. The van der Waals surface area contributed by atoms with Gasteiger partial charge in [-0.05, 0) is 30.3 Å². The van der Waals surface area contributed by atoms with Crippen LogP contribution in [0.15, 0.2) is 41.3 Å². The number of sulfonamides is 1. The Labute approximate surface area is 151 Å². The summed E-state index contributed by atoms with van der Waals surface area (Å²) in [5, 5.41) is -0.291. The Kier molecular flexibility index (Phi) is 5.68. The number of benzene rings is 2. The van der Waals surface area contributed by atoms with Crippen LogP contribution in [0.3, 0.4) is 0 Å². The molecular weight excluding hydrogens is 405 g/mol. The van der Waals surface area contributed by atoms with Gasteiger partial charge >= 0.3 is 6.18 Å². The number of nitrogens with zero attached hydrogens (tertiary/aromatic N) is 1. The van der Waals surface area contributed by atoms with Crippen LogP contribution in [0.25, 0.3) is 0 Å². The standard InChI is InChI=1S/C15H11Cl2F4NO2S/c1-22(8-10-12(17)3-2-4-13(10)18)25(23,24)14-6-5-9(16)7-11(14)15(19,20)21/h2-7H,8H2,1H3. The first kappa shape index (κ1) is 20.0. The van der Waals surface area contributed by atoms with Gasteiger partial charge in [-0.3, -0.25) is 0 Å². The monoisotopic (exact) mass is 415 g/mol. The third kappa shape index (κ3) is 4.25. The average Bonchev–Trinajstić information content (AvgIpc) is 2.49. The fourth-order valence-corrected chi connectivity index (χ4v) is 3.83. The van der Waals surface area contributed by atoms with Crippen LogP contribution in [0.4, 0.5) is 17.6 Å². The summed E-state index contributed by atoms with van der Waals surface area (Å²) in [5.74, 6) is -0.762. The van der Waals surface area contributed by atoms with E-state index >= 15 is 0 Å². The topological polar surface area (TPSA) is 37.4 Å². The SMILES string of the molecule is CN(Cc1c(F)cccc1Cl)S(=O)(=O)c1ccc(Cl)cc1C(F)(F)F. The van der Waals surface area contributed by atoms with Crippen LogP contribution in [0.2, 0.25) is 10.0 Å². The van der Waals surface area contributed by atoms with E-state index < -0.39 is 39.0 Å². The minimum Gasteiger partial charge on any atom is -0.207 e. The van der Waals surface area contributed by atoms with Gasteiger partial charge in [-0.2, -0.15) is 17.5 Å². The Bertz CT molecular complexity index is 881. The van der Waals surface area contributed by atoms with Crippen molar-refractivity contribution < 1.29 is 26.0 Å². The second-order valence-electron chi connectivity index (χ2n) is 5.10. The molecule has 0 aliphatic heterocycles. The Morgan fingerprint density at radius 2 is 1.76 bits per heavy atom. The van der Waals surface area contributed by atoms with E-state index in [1.165, 1.54) is 12.1 Å². The Morgan fingerprint density at radius 3 is 2.32 bits per heavy atom. The van der Waals surface area contributed by atoms with E-state index in [0.29, 0.717) is 10.4 Å². The van der Waals surface area contributed by atoms with Crippen LogP contribution >= 0.6 is 23.2 Å². The molecule has 2 aromatic carbocycles. The second-order valence-corrected chi connectivity index (χ2v) is 7.96. The lowest BCUT2D eigenvalue weighted by Crippen LogP contribution is -2.29. The van der Waals surface area contributed by atoms with Gasteiger partial charge in [0, 0.05) is 29.2 Å². The fourth-order valence-electron chi connectivity index (χ4n) is 2.11. The summed E-state index contributed by atoms with van der Waals surface area (Å²) in [6.45, 7) is -0.534. The molecule has 0 bridgehead atoms. The fraction of sp³-hybridized carbons (Fsp3) is 0.200. The smallest absolute Gasteiger partial charge is 0.207 e. The van der Waals surface area contributed by atoms with E-state index in [4.69, 9.17) is 23.2 Å². The molecular formula is C15H11Cl2F4NO2S. The van der Waals surface area contributed by atoms with Crippen molar-refractivity contribution in [1.29, 1.82) is 0 Å². The number of halogens is 6. The van der Waals surface area contributed by atoms with Crippen molar-refractivity contribution in [2.45, 2.75) is 17.6 Å². The molecule has 0 atom stereocenters. The lowest BCUT2D eigenvalue weighted by molar-refractivity contribution is -0.139. The number of alkyl halides is 3. The zero-order chi connectivity index (χ0) is 19.0. The van der Waals surface area contributed by atoms with Crippen molar-refractivity contribution in [2.75, 3.05) is 7.05 Å². The Morgan fingerprint density at radius 1 is 1.12 bits per heavy atom. The molecule has 0 saturated carbocycles. The molecule has 25 heavy (non-hydrogen) atoms. The molecule has 0 N–H and O–H groups in total. The lowest BCUT2D eigenvalue weighted by atomic mass is 10.2. The quantitative estimate of drug-likeness (QED) is 0.660.